The van der Waals surface area contributed by atoms with E-state index in [0.717, 1.165) is 18.4 Å². The molecule has 5 aliphatic carbocycles. The Labute approximate surface area is 714 Å². The fourth-order valence-electron chi connectivity index (χ4n) is 22.9. The van der Waals surface area contributed by atoms with Gasteiger partial charge in [-0.05, 0) is 123 Å². The molecule has 9 aliphatic heterocycles. The number of hydrogen-bond donors (Lipinski definition) is 24. The number of fused-ring (bicyclic) bond motifs is 7. The van der Waals surface area contributed by atoms with E-state index in [1.54, 1.807) is 6.92 Å². The molecule has 14 aliphatic rings. The highest BCUT2D eigenvalue weighted by molar-refractivity contribution is 5.79. The van der Waals surface area contributed by atoms with Crippen molar-refractivity contribution < 1.29 is 213 Å². The van der Waals surface area contributed by atoms with Gasteiger partial charge in [0.2, 0.25) is 6.29 Å². The fraction of sp³-hybridized carbons (Fsp3) is 0.963. The van der Waals surface area contributed by atoms with Gasteiger partial charge in [0.25, 0.3) is 0 Å². The van der Waals surface area contributed by atoms with Gasteiger partial charge in [0.1, 0.15) is 189 Å². The van der Waals surface area contributed by atoms with Crippen LogP contribution in [-0.2, 0) is 90.1 Å². The molecule has 0 bridgehead atoms. The molecule has 0 aromatic rings. The summed E-state index contributed by atoms with van der Waals surface area (Å²) in [6.07, 6.45) is -64.7. The lowest BCUT2D eigenvalue weighted by atomic mass is 9.33. The molecule has 24 N–H and O–H groups in total. The summed E-state index contributed by atoms with van der Waals surface area (Å²) >= 11 is 0. The van der Waals surface area contributed by atoms with Gasteiger partial charge in [-0.1, -0.05) is 60.1 Å². The molecule has 9 saturated heterocycles. The number of esters is 1. The minimum Gasteiger partial charge on any atom is -0.432 e. The maximum absolute atomic E-state index is 15.5. The standard InChI is InChI=1S/C81H132O43/c1-28-42(87)48(93)55(100)69(111-28)120-63-36(23-84)115-71(60(105)53(63)98)121-62-35(22-83)114-66(58(103)52(62)97)109-26-37-46(91)50(95)57(102)72(117-37)124-75(106)81-18-16-76(3,4)20-31(81)30-10-11-40-78(7)14-13-41(77(5,6)39(78)12-15-80(40,9)79(30,8)17-19-81)118-68-59(104)51(96)61(29(2)112-68)119-73-65(44(89)33(86)24-107-73)123-74-64(43(88)32(85)25-108-74)122-67-54(99)47(92)38(27-110-67)116-70-56(101)49(94)45(90)34(21-82)113-70/h10,28-29,31-74,82-105H,11-27H2,1-9H3/t28-,29+,31?,32+,33+,34-,35-,36-,37-,38-,39?,40?,41+,42+,43+,44+,45-,46+,47+,48+,49+,50+,51+,52-,53-,54-,55+,56-,57-,58-,59-,60-,61+,62+,63+,64-,65-,66+,67+,68+,69-,70+,71-,72+,73+,74+,78?,79?,80?,81?/m1/s1. The molecule has 0 spiro atoms. The first-order chi connectivity index (χ1) is 58.3. The van der Waals surface area contributed by atoms with Crippen molar-refractivity contribution >= 4 is 5.97 Å². The average Bonchev–Trinajstić information content (AvgIpc) is 0.673. The monoisotopic (exact) mass is 1790 g/mol. The number of aliphatic hydroxyl groups is 24. The molecule has 0 amide bonds. The number of rotatable bonds is 22. The number of carbonyl (C=O) groups excluding carboxylic acids is 1. The van der Waals surface area contributed by atoms with Crippen LogP contribution in [0.25, 0.3) is 0 Å². The third-order valence-corrected chi connectivity index (χ3v) is 30.7. The molecular formula is C81H132O43. The topological polar surface area (TPSA) is 669 Å². The third kappa shape index (κ3) is 17.7. The Hall–Kier alpha value is -2.43. The van der Waals surface area contributed by atoms with Crippen molar-refractivity contribution in [3.05, 3.63) is 11.6 Å². The van der Waals surface area contributed by atoms with E-state index in [4.69, 9.17) is 85.3 Å². The van der Waals surface area contributed by atoms with Crippen LogP contribution in [0.5, 0.6) is 0 Å². The Morgan fingerprint density at radius 2 is 0.839 bits per heavy atom. The summed E-state index contributed by atoms with van der Waals surface area (Å²) in [6, 6.07) is 0. The fourth-order valence-corrected chi connectivity index (χ4v) is 22.9. The Kier molecular flexibility index (Phi) is 29.7. The molecule has 714 valence electrons. The summed E-state index contributed by atoms with van der Waals surface area (Å²) in [7, 11) is 0. The van der Waals surface area contributed by atoms with Crippen molar-refractivity contribution in [1.29, 1.82) is 0 Å². The minimum atomic E-state index is -2.04. The molecule has 0 radical (unpaired) electrons. The largest absolute Gasteiger partial charge is 0.432 e. The molecule has 50 atom stereocenters. The minimum absolute atomic E-state index is 0.0501. The average molecular weight is 1790 g/mol. The Morgan fingerprint density at radius 1 is 0.387 bits per heavy atom. The van der Waals surface area contributed by atoms with Gasteiger partial charge in [-0.15, -0.1) is 0 Å². The van der Waals surface area contributed by atoms with Crippen LogP contribution >= 0.6 is 0 Å². The molecule has 0 aromatic heterocycles. The maximum atomic E-state index is 15.5. The summed E-state index contributed by atoms with van der Waals surface area (Å²) in [4.78, 5) is 15.5. The van der Waals surface area contributed by atoms with Gasteiger partial charge in [0.15, 0.2) is 50.3 Å². The van der Waals surface area contributed by atoms with E-state index in [9.17, 15) is 123 Å². The molecule has 43 heteroatoms. The van der Waals surface area contributed by atoms with Crippen molar-refractivity contribution in [1.82, 2.24) is 0 Å². The zero-order valence-corrected chi connectivity index (χ0v) is 70.6. The summed E-state index contributed by atoms with van der Waals surface area (Å²) in [6.45, 7) is 13.6. The van der Waals surface area contributed by atoms with Crippen LogP contribution in [0.2, 0.25) is 0 Å². The van der Waals surface area contributed by atoms with Gasteiger partial charge in [-0.25, -0.2) is 0 Å². The van der Waals surface area contributed by atoms with Gasteiger partial charge in [0.05, 0.1) is 70.0 Å². The first-order valence-electron chi connectivity index (χ1n) is 43.3. The number of aliphatic hydroxyl groups excluding tert-OH is 24. The molecule has 9 heterocycles. The molecule has 4 saturated carbocycles. The normalized spacial score (nSPS) is 54.7. The second-order valence-corrected chi connectivity index (χ2v) is 39.0. The first-order valence-corrected chi connectivity index (χ1v) is 43.3. The highest BCUT2D eigenvalue weighted by atomic mass is 16.8. The number of allylic oxidation sites excluding steroid dienone is 2. The lowest BCUT2D eigenvalue weighted by molar-refractivity contribution is -0.389. The Morgan fingerprint density at radius 3 is 1.44 bits per heavy atom. The molecule has 0 aromatic carbocycles. The van der Waals surface area contributed by atoms with Gasteiger partial charge in [-0.2, -0.15) is 0 Å². The lowest BCUT2D eigenvalue weighted by Gasteiger charge is -2.71. The van der Waals surface area contributed by atoms with Crippen molar-refractivity contribution in [2.24, 2.45) is 50.2 Å². The van der Waals surface area contributed by atoms with Crippen molar-refractivity contribution in [2.75, 3.05) is 46.2 Å². The molecule has 7 unspecified atom stereocenters. The smallest absolute Gasteiger partial charge is 0.315 e. The van der Waals surface area contributed by atoms with E-state index in [0.29, 0.717) is 51.4 Å². The van der Waals surface area contributed by atoms with Gasteiger partial charge < -0.3 is 208 Å². The van der Waals surface area contributed by atoms with Crippen LogP contribution in [0.3, 0.4) is 0 Å². The maximum Gasteiger partial charge on any atom is 0.315 e. The number of carbonyl (C=O) groups is 1. The van der Waals surface area contributed by atoms with Gasteiger partial charge in [-0.3, -0.25) is 4.79 Å². The molecular weight excluding hydrogens is 1660 g/mol. The molecule has 124 heavy (non-hydrogen) atoms. The SMILES string of the molecule is C[C@@H]1O[C@@H](O[C@H]2CCC3(C)C(CCC4(C)C3CC=C3C5CC(C)(C)CCC5(C(=O)O[C@@H]5O[C@H](CO[C@H]6O[C@H](CO)[C@H](O[C@H]7O[C@H](CO)[C@H](O[C@H]8O[C@H](C)[C@H](O)[C@H](O)[C@@H]8O)[C@H](O)[C@H]7O)[C@H](O)[C@H]6O)[C@H](O)[C@H](O)[C@H]5O)CCC34C)C2(C)C)[C@H](O)[C@H](O)[C@H]1O[C@@H]1OC[C@H](O)[C@H](O)[C@H]1O[C@@H]1OC[C@H](O)[C@H](O)[C@H]1O[C@@H]1OC[C@@H](O[C@@H]2O[C@H](CO)[C@@H](O)[C@H](O)[C@H]2O)[C@H](O)[C@H]1O. The first kappa shape index (κ1) is 97.6. The molecule has 13 fully saturated rings. The zero-order chi connectivity index (χ0) is 90.2. The van der Waals surface area contributed by atoms with Gasteiger partial charge in [0, 0.05) is 0 Å². The zero-order valence-electron chi connectivity index (χ0n) is 70.6. The van der Waals surface area contributed by atoms with Crippen LogP contribution in [0.15, 0.2) is 11.6 Å². The molecule has 14 rings (SSSR count). The van der Waals surface area contributed by atoms with E-state index in [1.165, 1.54) is 6.92 Å². The van der Waals surface area contributed by atoms with E-state index >= 15 is 4.79 Å². The second-order valence-electron chi connectivity index (χ2n) is 39.0. The van der Waals surface area contributed by atoms with Crippen LogP contribution in [0.4, 0.5) is 0 Å². The van der Waals surface area contributed by atoms with Gasteiger partial charge >= 0.3 is 5.97 Å². The summed E-state index contributed by atoms with van der Waals surface area (Å²) < 4.78 is 107. The summed E-state index contributed by atoms with van der Waals surface area (Å²) in [5.41, 5.74) is -1.86. The number of ether oxygens (including phenoxy) is 18. The molecule has 43 nitrogen and oxygen atoms in total. The summed E-state index contributed by atoms with van der Waals surface area (Å²) in [5, 5.41) is 263. The highest BCUT2D eigenvalue weighted by Crippen LogP contribution is 2.76. The second kappa shape index (κ2) is 37.8. The van der Waals surface area contributed by atoms with E-state index < -0.39 is 333 Å². The van der Waals surface area contributed by atoms with Crippen molar-refractivity contribution in [3.8, 4) is 0 Å². The number of hydrogen-bond acceptors (Lipinski definition) is 43. The van der Waals surface area contributed by atoms with Crippen LogP contribution < -0.4 is 0 Å². The lowest BCUT2D eigenvalue weighted by Crippen LogP contribution is -2.66. The Bertz CT molecular complexity index is 3570. The summed E-state index contributed by atoms with van der Waals surface area (Å²) in [5.74, 6) is -0.849. The predicted octanol–water partition coefficient (Wildman–Crippen LogP) is -8.94. The highest BCUT2D eigenvalue weighted by Gasteiger charge is 2.71. The van der Waals surface area contributed by atoms with Crippen LogP contribution in [0.1, 0.15) is 127 Å². The van der Waals surface area contributed by atoms with E-state index in [-0.39, 0.29) is 34.0 Å². The van der Waals surface area contributed by atoms with Crippen molar-refractivity contribution in [2.45, 2.75) is 391 Å². The quantitative estimate of drug-likeness (QED) is 0.0272. The predicted molar refractivity (Wildman–Crippen MR) is 405 cm³/mol. The van der Waals surface area contributed by atoms with E-state index in [2.05, 4.69) is 54.5 Å². The Balaban J connectivity index is 0.593. The van der Waals surface area contributed by atoms with Crippen LogP contribution in [0, 0.1) is 50.2 Å². The third-order valence-electron chi connectivity index (χ3n) is 30.7. The van der Waals surface area contributed by atoms with Crippen molar-refractivity contribution in [3.63, 3.8) is 0 Å². The van der Waals surface area contributed by atoms with E-state index in [1.807, 2.05) is 0 Å². The van der Waals surface area contributed by atoms with Crippen LogP contribution in [-0.4, -0.2) is 439 Å².